The van der Waals surface area contributed by atoms with Gasteiger partial charge in [-0.3, -0.25) is 9.59 Å². The molecule has 0 saturated heterocycles. The summed E-state index contributed by atoms with van der Waals surface area (Å²) in [6.07, 6.45) is 0. The lowest BCUT2D eigenvalue weighted by molar-refractivity contribution is -0.143. The van der Waals surface area contributed by atoms with E-state index < -0.39 is 6.04 Å². The highest BCUT2D eigenvalue weighted by Gasteiger charge is 2.31. The van der Waals surface area contributed by atoms with Gasteiger partial charge >= 0.3 is 0 Å². The number of hydrogen-bond donors (Lipinski definition) is 1. The SMILES string of the molecule is CNC(=O)C(c1ccccc1)N(Cc1ccc(Cl)cc1)C(=O)COc1ccccc1Cl. The van der Waals surface area contributed by atoms with Crippen LogP contribution >= 0.6 is 23.2 Å². The second kappa shape index (κ2) is 10.8. The smallest absolute Gasteiger partial charge is 0.261 e. The highest BCUT2D eigenvalue weighted by atomic mass is 35.5. The molecule has 1 unspecified atom stereocenters. The molecule has 0 spiro atoms. The number of nitrogens with one attached hydrogen (secondary N) is 1. The Morgan fingerprint density at radius 2 is 1.58 bits per heavy atom. The van der Waals surface area contributed by atoms with Crippen molar-refractivity contribution in [2.45, 2.75) is 12.6 Å². The van der Waals surface area contributed by atoms with E-state index in [4.69, 9.17) is 27.9 Å². The Morgan fingerprint density at radius 1 is 0.935 bits per heavy atom. The molecule has 7 heteroatoms. The predicted octanol–water partition coefficient (Wildman–Crippen LogP) is 4.89. The highest BCUT2D eigenvalue weighted by molar-refractivity contribution is 6.32. The Kier molecular flexibility index (Phi) is 7.93. The van der Waals surface area contributed by atoms with Gasteiger partial charge in [0.15, 0.2) is 6.61 Å². The molecule has 3 aromatic carbocycles. The molecule has 0 radical (unpaired) electrons. The van der Waals surface area contributed by atoms with Crippen molar-refractivity contribution < 1.29 is 14.3 Å². The highest BCUT2D eigenvalue weighted by Crippen LogP contribution is 2.26. The maximum absolute atomic E-state index is 13.3. The Balaban J connectivity index is 1.92. The van der Waals surface area contributed by atoms with E-state index in [9.17, 15) is 9.59 Å². The summed E-state index contributed by atoms with van der Waals surface area (Å²) >= 11 is 12.1. The molecule has 0 aromatic heterocycles. The van der Waals surface area contributed by atoms with Crippen LogP contribution in [0.1, 0.15) is 17.2 Å². The molecule has 0 bridgehead atoms. The summed E-state index contributed by atoms with van der Waals surface area (Å²) in [4.78, 5) is 27.6. The van der Waals surface area contributed by atoms with Crippen molar-refractivity contribution in [3.05, 3.63) is 100 Å². The normalized spacial score (nSPS) is 11.5. The molecule has 3 rings (SSSR count). The van der Waals surface area contributed by atoms with E-state index in [2.05, 4.69) is 5.32 Å². The number of nitrogens with zero attached hydrogens (tertiary/aromatic N) is 1. The molecule has 0 saturated carbocycles. The molecule has 5 nitrogen and oxygen atoms in total. The molecule has 0 heterocycles. The van der Waals surface area contributed by atoms with Crippen LogP contribution in [0.15, 0.2) is 78.9 Å². The second-order valence-corrected chi connectivity index (χ2v) is 7.64. The summed E-state index contributed by atoms with van der Waals surface area (Å²) in [5, 5.41) is 3.66. The van der Waals surface area contributed by atoms with Crippen LogP contribution in [0, 0.1) is 0 Å². The number of hydrogen-bond acceptors (Lipinski definition) is 3. The van der Waals surface area contributed by atoms with Gasteiger partial charge in [-0.15, -0.1) is 0 Å². The zero-order chi connectivity index (χ0) is 22.2. The Morgan fingerprint density at radius 3 is 2.23 bits per heavy atom. The van der Waals surface area contributed by atoms with Gasteiger partial charge in [-0.2, -0.15) is 0 Å². The maximum Gasteiger partial charge on any atom is 0.261 e. The lowest BCUT2D eigenvalue weighted by Gasteiger charge is -2.31. The van der Waals surface area contributed by atoms with E-state index in [-0.39, 0.29) is 25.0 Å². The van der Waals surface area contributed by atoms with Gasteiger partial charge in [0.25, 0.3) is 5.91 Å². The summed E-state index contributed by atoms with van der Waals surface area (Å²) < 4.78 is 5.66. The summed E-state index contributed by atoms with van der Waals surface area (Å²) in [5.74, 6) is -0.251. The maximum atomic E-state index is 13.3. The largest absolute Gasteiger partial charge is 0.482 e. The van der Waals surface area contributed by atoms with Crippen molar-refractivity contribution in [2.24, 2.45) is 0 Å². The van der Waals surface area contributed by atoms with Gasteiger partial charge in [0.1, 0.15) is 11.8 Å². The monoisotopic (exact) mass is 456 g/mol. The van der Waals surface area contributed by atoms with Gasteiger partial charge in [-0.05, 0) is 35.4 Å². The standard InChI is InChI=1S/C24H22Cl2N2O3/c1-27-24(30)23(18-7-3-2-4-8-18)28(15-17-11-13-19(25)14-12-17)22(29)16-31-21-10-6-5-9-20(21)26/h2-14,23H,15-16H2,1H3,(H,27,30). The minimum absolute atomic E-state index is 0.203. The number of para-hydroxylation sites is 1. The van der Waals surface area contributed by atoms with Crippen LogP contribution in [0.5, 0.6) is 5.75 Å². The Labute approximate surface area is 191 Å². The molecule has 1 N–H and O–H groups in total. The topological polar surface area (TPSA) is 58.6 Å². The molecule has 1 atom stereocenters. The van der Waals surface area contributed by atoms with Crippen LogP contribution in [0.3, 0.4) is 0 Å². The fourth-order valence-corrected chi connectivity index (χ4v) is 3.46. The molecule has 0 aliphatic carbocycles. The predicted molar refractivity (Wildman–Crippen MR) is 122 cm³/mol. The van der Waals surface area contributed by atoms with Crippen LogP contribution < -0.4 is 10.1 Å². The number of amides is 2. The lowest BCUT2D eigenvalue weighted by atomic mass is 10.0. The van der Waals surface area contributed by atoms with Crippen LogP contribution in [-0.2, 0) is 16.1 Å². The first kappa shape index (κ1) is 22.7. The Bertz CT molecular complexity index is 1030. The first-order valence-electron chi connectivity index (χ1n) is 9.67. The minimum atomic E-state index is -0.829. The van der Waals surface area contributed by atoms with Crippen molar-refractivity contribution in [1.82, 2.24) is 10.2 Å². The third-order valence-corrected chi connectivity index (χ3v) is 5.26. The van der Waals surface area contributed by atoms with E-state index in [1.165, 1.54) is 4.90 Å². The van der Waals surface area contributed by atoms with Crippen LogP contribution in [0.4, 0.5) is 0 Å². The van der Waals surface area contributed by atoms with E-state index in [1.807, 2.05) is 42.5 Å². The van der Waals surface area contributed by atoms with Crippen molar-refractivity contribution in [1.29, 1.82) is 0 Å². The van der Waals surface area contributed by atoms with Crippen LogP contribution in [0.25, 0.3) is 0 Å². The van der Waals surface area contributed by atoms with Crippen molar-refractivity contribution in [2.75, 3.05) is 13.7 Å². The van der Waals surface area contributed by atoms with Crippen LogP contribution in [-0.4, -0.2) is 30.4 Å². The fourth-order valence-electron chi connectivity index (χ4n) is 3.14. The van der Waals surface area contributed by atoms with Crippen molar-refractivity contribution in [3.8, 4) is 5.75 Å². The third-order valence-electron chi connectivity index (χ3n) is 4.70. The molecule has 0 fully saturated rings. The van der Waals surface area contributed by atoms with E-state index in [0.29, 0.717) is 21.4 Å². The van der Waals surface area contributed by atoms with E-state index >= 15 is 0 Å². The number of benzene rings is 3. The summed E-state index contributed by atoms with van der Waals surface area (Å²) in [5.41, 5.74) is 1.53. The molecule has 0 aliphatic rings. The minimum Gasteiger partial charge on any atom is -0.482 e. The molecule has 160 valence electrons. The van der Waals surface area contributed by atoms with Gasteiger partial charge in [0.2, 0.25) is 5.91 Å². The number of rotatable bonds is 8. The van der Waals surface area contributed by atoms with Gasteiger partial charge in [0, 0.05) is 18.6 Å². The van der Waals surface area contributed by atoms with Gasteiger partial charge in [0.05, 0.1) is 5.02 Å². The van der Waals surface area contributed by atoms with Gasteiger partial charge in [-0.1, -0.05) is 77.8 Å². The van der Waals surface area contributed by atoms with Gasteiger partial charge in [-0.25, -0.2) is 0 Å². The quantitative estimate of drug-likeness (QED) is 0.524. The molecule has 0 aliphatic heterocycles. The zero-order valence-corrected chi connectivity index (χ0v) is 18.4. The Hall–Kier alpha value is -3.02. The second-order valence-electron chi connectivity index (χ2n) is 6.79. The number of carbonyl (C=O) groups excluding carboxylic acids is 2. The van der Waals surface area contributed by atoms with E-state index in [1.54, 1.807) is 43.4 Å². The average Bonchev–Trinajstić information content (AvgIpc) is 2.79. The third kappa shape index (κ3) is 6.00. The molecular weight excluding hydrogens is 435 g/mol. The van der Waals surface area contributed by atoms with Crippen molar-refractivity contribution >= 4 is 35.0 Å². The summed E-state index contributed by atoms with van der Waals surface area (Å²) in [6.45, 7) is -0.0630. The molecule has 3 aromatic rings. The van der Waals surface area contributed by atoms with Crippen molar-refractivity contribution in [3.63, 3.8) is 0 Å². The summed E-state index contributed by atoms with van der Waals surface area (Å²) in [6, 6.07) is 22.4. The fraction of sp³-hybridized carbons (Fsp3) is 0.167. The average molecular weight is 457 g/mol. The first-order chi connectivity index (χ1) is 15.0. The lowest BCUT2D eigenvalue weighted by Crippen LogP contribution is -2.44. The van der Waals surface area contributed by atoms with Crippen LogP contribution in [0.2, 0.25) is 10.0 Å². The van der Waals surface area contributed by atoms with Gasteiger partial charge < -0.3 is 15.0 Å². The number of likely N-dealkylation sites (N-methyl/N-ethyl adjacent to an activating group) is 1. The first-order valence-corrected chi connectivity index (χ1v) is 10.4. The summed E-state index contributed by atoms with van der Waals surface area (Å²) in [7, 11) is 1.55. The van der Waals surface area contributed by atoms with E-state index in [0.717, 1.165) is 5.56 Å². The number of ether oxygens (including phenoxy) is 1. The zero-order valence-electron chi connectivity index (χ0n) is 16.9. The number of halogens is 2. The number of carbonyl (C=O) groups is 2. The molecule has 2 amide bonds. The molecule has 31 heavy (non-hydrogen) atoms. The molecular formula is C24H22Cl2N2O3.